The lowest BCUT2D eigenvalue weighted by Gasteiger charge is -2.34. The minimum atomic E-state index is -0.168. The van der Waals surface area contributed by atoms with E-state index in [4.69, 9.17) is 0 Å². The van der Waals surface area contributed by atoms with Crippen molar-refractivity contribution in [1.82, 2.24) is 20.0 Å². The third-order valence-corrected chi connectivity index (χ3v) is 5.20. The SMILES string of the molecule is CCN(CC)CCCN/C=C(/C#N)C(=O)N1CCN(Cc2ccccc2)CC1. The Balaban J connectivity index is 1.74. The maximum atomic E-state index is 12.6. The Morgan fingerprint density at radius 2 is 1.86 bits per heavy atom. The summed E-state index contributed by atoms with van der Waals surface area (Å²) >= 11 is 0. The highest BCUT2D eigenvalue weighted by atomic mass is 16.2. The van der Waals surface area contributed by atoms with Crippen LogP contribution in [0.25, 0.3) is 0 Å². The first-order valence-corrected chi connectivity index (χ1v) is 10.3. The van der Waals surface area contributed by atoms with Crippen LogP contribution in [0.15, 0.2) is 42.1 Å². The first-order valence-electron chi connectivity index (χ1n) is 10.3. The van der Waals surface area contributed by atoms with Crippen LogP contribution < -0.4 is 5.32 Å². The molecule has 0 saturated carbocycles. The van der Waals surface area contributed by atoms with E-state index in [1.807, 2.05) is 18.2 Å². The van der Waals surface area contributed by atoms with Gasteiger partial charge in [-0.3, -0.25) is 9.69 Å². The lowest BCUT2D eigenvalue weighted by Crippen LogP contribution is -2.48. The van der Waals surface area contributed by atoms with Crippen LogP contribution in [0.5, 0.6) is 0 Å². The Morgan fingerprint density at radius 3 is 2.46 bits per heavy atom. The van der Waals surface area contributed by atoms with Crippen molar-refractivity contribution in [2.24, 2.45) is 0 Å². The molecule has 1 aromatic carbocycles. The second kappa shape index (κ2) is 12.2. The van der Waals surface area contributed by atoms with Crippen LogP contribution >= 0.6 is 0 Å². The summed E-state index contributed by atoms with van der Waals surface area (Å²) < 4.78 is 0. The monoisotopic (exact) mass is 383 g/mol. The summed E-state index contributed by atoms with van der Waals surface area (Å²) in [4.78, 5) is 19.1. The maximum absolute atomic E-state index is 12.6. The Labute approximate surface area is 169 Å². The molecule has 2 rings (SSSR count). The molecule has 0 spiro atoms. The smallest absolute Gasteiger partial charge is 0.266 e. The maximum Gasteiger partial charge on any atom is 0.266 e. The van der Waals surface area contributed by atoms with Crippen LogP contribution in [-0.4, -0.2) is 73.0 Å². The van der Waals surface area contributed by atoms with E-state index in [1.165, 1.54) is 5.56 Å². The van der Waals surface area contributed by atoms with E-state index in [-0.39, 0.29) is 11.5 Å². The van der Waals surface area contributed by atoms with E-state index in [1.54, 1.807) is 11.1 Å². The fourth-order valence-corrected chi connectivity index (χ4v) is 3.38. The molecule has 1 aromatic rings. The molecule has 152 valence electrons. The van der Waals surface area contributed by atoms with Gasteiger partial charge in [0.05, 0.1) is 0 Å². The summed E-state index contributed by atoms with van der Waals surface area (Å²) in [5.41, 5.74) is 1.48. The molecule has 0 atom stereocenters. The van der Waals surface area contributed by atoms with Gasteiger partial charge in [-0.15, -0.1) is 0 Å². The minimum absolute atomic E-state index is 0.168. The van der Waals surface area contributed by atoms with Crippen molar-refractivity contribution in [3.8, 4) is 6.07 Å². The highest BCUT2D eigenvalue weighted by Crippen LogP contribution is 2.10. The number of benzene rings is 1. The van der Waals surface area contributed by atoms with Gasteiger partial charge in [-0.1, -0.05) is 44.2 Å². The third kappa shape index (κ3) is 6.99. The van der Waals surface area contributed by atoms with Crippen LogP contribution in [0, 0.1) is 11.3 Å². The molecule has 1 saturated heterocycles. The predicted octanol–water partition coefficient (Wildman–Crippen LogP) is 2.06. The second-order valence-corrected chi connectivity index (χ2v) is 7.06. The zero-order valence-corrected chi connectivity index (χ0v) is 17.2. The van der Waals surface area contributed by atoms with Gasteiger partial charge in [-0.05, 0) is 31.6 Å². The average Bonchev–Trinajstić information content (AvgIpc) is 2.74. The number of carbonyl (C=O) groups is 1. The lowest BCUT2D eigenvalue weighted by atomic mass is 10.2. The molecule has 1 aliphatic rings. The van der Waals surface area contributed by atoms with Crippen LogP contribution in [0.2, 0.25) is 0 Å². The van der Waals surface area contributed by atoms with Crippen molar-refractivity contribution in [2.75, 3.05) is 52.4 Å². The minimum Gasteiger partial charge on any atom is -0.390 e. The van der Waals surface area contributed by atoms with Gasteiger partial charge in [0.2, 0.25) is 0 Å². The van der Waals surface area contributed by atoms with Crippen molar-refractivity contribution < 1.29 is 4.79 Å². The van der Waals surface area contributed by atoms with E-state index >= 15 is 0 Å². The molecule has 1 amide bonds. The number of nitrogens with one attached hydrogen (secondary N) is 1. The van der Waals surface area contributed by atoms with E-state index in [2.05, 4.69) is 47.2 Å². The van der Waals surface area contributed by atoms with Crippen molar-refractivity contribution >= 4 is 5.91 Å². The highest BCUT2D eigenvalue weighted by Gasteiger charge is 2.23. The fourth-order valence-electron chi connectivity index (χ4n) is 3.38. The molecule has 0 bridgehead atoms. The molecule has 0 unspecified atom stereocenters. The van der Waals surface area contributed by atoms with Crippen molar-refractivity contribution in [3.05, 3.63) is 47.7 Å². The van der Waals surface area contributed by atoms with Gasteiger partial charge in [0.1, 0.15) is 11.6 Å². The lowest BCUT2D eigenvalue weighted by molar-refractivity contribution is -0.128. The van der Waals surface area contributed by atoms with Gasteiger partial charge >= 0.3 is 0 Å². The van der Waals surface area contributed by atoms with Crippen LogP contribution in [-0.2, 0) is 11.3 Å². The molecule has 1 aliphatic heterocycles. The van der Waals surface area contributed by atoms with Crippen LogP contribution in [0.1, 0.15) is 25.8 Å². The molecule has 0 radical (unpaired) electrons. The molecule has 0 aliphatic carbocycles. The molecular formula is C22H33N5O. The summed E-state index contributed by atoms with van der Waals surface area (Å²) in [6.07, 6.45) is 2.57. The van der Waals surface area contributed by atoms with Gasteiger partial charge < -0.3 is 15.1 Å². The molecule has 0 aromatic heterocycles. The number of rotatable bonds is 10. The molecule has 28 heavy (non-hydrogen) atoms. The van der Waals surface area contributed by atoms with E-state index in [0.717, 1.165) is 52.2 Å². The van der Waals surface area contributed by atoms with Gasteiger partial charge in [-0.25, -0.2) is 0 Å². The van der Waals surface area contributed by atoms with Crippen molar-refractivity contribution in [1.29, 1.82) is 5.26 Å². The topological polar surface area (TPSA) is 62.6 Å². The first kappa shape index (κ1) is 21.9. The number of nitrogens with zero attached hydrogens (tertiary/aromatic N) is 4. The Morgan fingerprint density at radius 1 is 1.18 bits per heavy atom. The highest BCUT2D eigenvalue weighted by molar-refractivity contribution is 5.97. The van der Waals surface area contributed by atoms with Crippen LogP contribution in [0.4, 0.5) is 0 Å². The van der Waals surface area contributed by atoms with E-state index < -0.39 is 0 Å². The quantitative estimate of drug-likeness (QED) is 0.381. The van der Waals surface area contributed by atoms with Gasteiger partial charge in [0, 0.05) is 45.5 Å². The summed E-state index contributed by atoms with van der Waals surface area (Å²) in [5, 5.41) is 12.5. The molecule has 6 heteroatoms. The van der Waals surface area contributed by atoms with Gasteiger partial charge in [0.25, 0.3) is 5.91 Å². The summed E-state index contributed by atoms with van der Waals surface area (Å²) in [5.74, 6) is -0.168. The Hall–Kier alpha value is -2.36. The van der Waals surface area contributed by atoms with Crippen molar-refractivity contribution in [3.63, 3.8) is 0 Å². The molecule has 6 nitrogen and oxygen atoms in total. The molecule has 1 N–H and O–H groups in total. The van der Waals surface area contributed by atoms with Gasteiger partial charge in [0.15, 0.2) is 0 Å². The van der Waals surface area contributed by atoms with Crippen LogP contribution in [0.3, 0.4) is 0 Å². The third-order valence-electron chi connectivity index (χ3n) is 5.20. The van der Waals surface area contributed by atoms with E-state index in [9.17, 15) is 10.1 Å². The number of carbonyl (C=O) groups excluding carboxylic acids is 1. The first-order chi connectivity index (χ1) is 13.7. The molecular weight excluding hydrogens is 350 g/mol. The van der Waals surface area contributed by atoms with E-state index in [0.29, 0.717) is 13.1 Å². The number of piperazine rings is 1. The summed E-state index contributed by atoms with van der Waals surface area (Å²) in [6.45, 7) is 12.1. The number of nitriles is 1. The molecule has 1 fully saturated rings. The normalized spacial score (nSPS) is 15.5. The summed E-state index contributed by atoms with van der Waals surface area (Å²) in [6, 6.07) is 12.4. The number of amides is 1. The fraction of sp³-hybridized carbons (Fsp3) is 0.545. The average molecular weight is 384 g/mol. The Bertz CT molecular complexity index is 655. The van der Waals surface area contributed by atoms with Gasteiger partial charge in [-0.2, -0.15) is 5.26 Å². The number of hydrogen-bond donors (Lipinski definition) is 1. The number of hydrogen-bond acceptors (Lipinski definition) is 5. The second-order valence-electron chi connectivity index (χ2n) is 7.06. The molecule has 1 heterocycles. The Kier molecular flexibility index (Phi) is 9.53. The largest absolute Gasteiger partial charge is 0.390 e. The zero-order chi connectivity index (χ0) is 20.2. The zero-order valence-electron chi connectivity index (χ0n) is 17.2. The van der Waals surface area contributed by atoms with Crippen molar-refractivity contribution in [2.45, 2.75) is 26.8 Å². The standard InChI is InChI=1S/C22H33N5O/c1-3-25(4-2)12-8-11-24-18-21(17-23)22(28)27-15-13-26(14-16-27)19-20-9-6-5-7-10-20/h5-7,9-10,18,24H,3-4,8,11-16,19H2,1-2H3/b21-18-. The predicted molar refractivity (Wildman–Crippen MR) is 112 cm³/mol. The summed E-state index contributed by atoms with van der Waals surface area (Å²) in [7, 11) is 0.